The molecule has 1 atom stereocenters. The van der Waals surface area contributed by atoms with Gasteiger partial charge in [-0.3, -0.25) is 4.79 Å². The van der Waals surface area contributed by atoms with Crippen LogP contribution in [0.5, 0.6) is 0 Å². The first kappa shape index (κ1) is 20.0. The maximum atomic E-state index is 13.5. The Morgan fingerprint density at radius 2 is 1.77 bits per heavy atom. The van der Waals surface area contributed by atoms with E-state index >= 15 is 0 Å². The standard InChI is InChI=1S/C22H20FN3O3S/c1-25(20(16-6-3-2-4-7-16)17-9-11-18(23)12-10-17)22(27)19-8-5-13-26-14-15-30(28,29)24-21(19)26/h2-13,20H,14-15H2,1H3. The van der Waals surface area contributed by atoms with Gasteiger partial charge in [0.2, 0.25) is 0 Å². The van der Waals surface area contributed by atoms with E-state index < -0.39 is 16.1 Å². The summed E-state index contributed by atoms with van der Waals surface area (Å²) in [6, 6.07) is 14.9. The summed E-state index contributed by atoms with van der Waals surface area (Å²) >= 11 is 0. The Hall–Kier alpha value is -3.26. The predicted molar refractivity (Wildman–Crippen MR) is 113 cm³/mol. The first-order valence-electron chi connectivity index (χ1n) is 9.41. The first-order chi connectivity index (χ1) is 14.4. The second-order valence-corrected chi connectivity index (χ2v) is 8.85. The molecule has 0 saturated heterocycles. The Bertz CT molecular complexity index is 1160. The molecular formula is C22H20FN3O3S. The number of nitrogens with zero attached hydrogens (tertiary/aromatic N) is 3. The molecule has 2 aliphatic heterocycles. The van der Waals surface area contributed by atoms with Gasteiger partial charge in [-0.15, -0.1) is 4.40 Å². The Kier molecular flexibility index (Phi) is 5.26. The summed E-state index contributed by atoms with van der Waals surface area (Å²) in [5, 5.41) is 0. The third-order valence-corrected chi connectivity index (χ3v) is 6.25. The highest BCUT2D eigenvalue weighted by molar-refractivity contribution is 7.90. The number of allylic oxidation sites excluding steroid dienone is 2. The summed E-state index contributed by atoms with van der Waals surface area (Å²) in [7, 11) is -1.97. The summed E-state index contributed by atoms with van der Waals surface area (Å²) in [5.74, 6) is -0.706. The molecule has 6 nitrogen and oxygen atoms in total. The average Bonchev–Trinajstić information content (AvgIpc) is 2.74. The highest BCUT2D eigenvalue weighted by Gasteiger charge is 2.33. The Morgan fingerprint density at radius 1 is 1.10 bits per heavy atom. The smallest absolute Gasteiger partial charge is 0.258 e. The number of rotatable bonds is 4. The summed E-state index contributed by atoms with van der Waals surface area (Å²) < 4.78 is 41.4. The van der Waals surface area contributed by atoms with Crippen molar-refractivity contribution in [2.75, 3.05) is 19.3 Å². The summed E-state index contributed by atoms with van der Waals surface area (Å²) in [5.41, 5.74) is 1.79. The molecule has 2 heterocycles. The van der Waals surface area contributed by atoms with E-state index in [0.717, 1.165) is 11.1 Å². The topological polar surface area (TPSA) is 70.1 Å². The molecule has 8 heteroatoms. The van der Waals surface area contributed by atoms with Crippen LogP contribution in [-0.4, -0.2) is 49.3 Å². The van der Waals surface area contributed by atoms with E-state index in [9.17, 15) is 17.6 Å². The van der Waals surface area contributed by atoms with Crippen molar-refractivity contribution in [1.29, 1.82) is 0 Å². The van der Waals surface area contributed by atoms with Crippen molar-refractivity contribution in [3.8, 4) is 0 Å². The lowest BCUT2D eigenvalue weighted by Crippen LogP contribution is -2.43. The molecule has 2 aromatic carbocycles. The number of hydrogen-bond acceptors (Lipinski definition) is 4. The fourth-order valence-electron chi connectivity index (χ4n) is 3.61. The number of hydrogen-bond donors (Lipinski definition) is 0. The highest BCUT2D eigenvalue weighted by Crippen LogP contribution is 2.30. The monoisotopic (exact) mass is 425 g/mol. The molecular weight excluding hydrogens is 405 g/mol. The van der Waals surface area contributed by atoms with E-state index in [0.29, 0.717) is 0 Å². The number of benzene rings is 2. The quantitative estimate of drug-likeness (QED) is 0.755. The van der Waals surface area contributed by atoms with Gasteiger partial charge in [-0.2, -0.15) is 0 Å². The number of likely N-dealkylation sites (N-methyl/N-ethyl adjacent to an activating group) is 1. The van der Waals surface area contributed by atoms with E-state index in [1.165, 1.54) is 17.0 Å². The molecule has 0 saturated carbocycles. The van der Waals surface area contributed by atoms with Crippen LogP contribution in [0.3, 0.4) is 0 Å². The lowest BCUT2D eigenvalue weighted by Gasteiger charge is -2.33. The molecule has 0 spiro atoms. The number of fused-ring (bicyclic) bond motifs is 1. The van der Waals surface area contributed by atoms with E-state index in [1.54, 1.807) is 42.4 Å². The molecule has 0 radical (unpaired) electrons. The van der Waals surface area contributed by atoms with Gasteiger partial charge in [-0.25, -0.2) is 12.8 Å². The number of carbonyl (C=O) groups is 1. The number of carbonyl (C=O) groups excluding carboxylic acids is 1. The molecule has 1 amide bonds. The fraction of sp³-hybridized carbons (Fsp3) is 0.182. The maximum Gasteiger partial charge on any atom is 0.258 e. The van der Waals surface area contributed by atoms with Crippen molar-refractivity contribution in [3.05, 3.63) is 95.5 Å². The molecule has 0 bridgehead atoms. The van der Waals surface area contributed by atoms with Gasteiger partial charge in [0.1, 0.15) is 5.82 Å². The molecule has 2 aliphatic rings. The highest BCUT2D eigenvalue weighted by atomic mass is 32.2. The minimum Gasteiger partial charge on any atom is -0.331 e. The normalized spacial score (nSPS) is 18.1. The van der Waals surface area contributed by atoms with Gasteiger partial charge in [-0.1, -0.05) is 42.5 Å². The van der Waals surface area contributed by atoms with Gasteiger partial charge >= 0.3 is 0 Å². The molecule has 30 heavy (non-hydrogen) atoms. The Balaban J connectivity index is 1.74. The van der Waals surface area contributed by atoms with Crippen LogP contribution >= 0.6 is 0 Å². The van der Waals surface area contributed by atoms with Crippen LogP contribution in [0.1, 0.15) is 17.2 Å². The SMILES string of the molecule is CN(C(=O)C1=CC=CN2CCS(=O)(=O)N=C12)C(c1ccccc1)c1ccc(F)cc1. The fourth-order valence-corrected chi connectivity index (χ4v) is 4.60. The minimum absolute atomic E-state index is 0.0969. The Labute approximate surface area is 174 Å². The first-order valence-corrected chi connectivity index (χ1v) is 11.0. The summed E-state index contributed by atoms with van der Waals surface area (Å²) in [6.07, 6.45) is 4.98. The predicted octanol–water partition coefficient (Wildman–Crippen LogP) is 2.87. The molecule has 0 N–H and O–H groups in total. The van der Waals surface area contributed by atoms with Crippen molar-refractivity contribution in [2.24, 2.45) is 4.40 Å². The van der Waals surface area contributed by atoms with Gasteiger partial charge in [-0.05, 0) is 35.4 Å². The van der Waals surface area contributed by atoms with Crippen LogP contribution in [0.15, 0.2) is 82.9 Å². The molecule has 0 aliphatic carbocycles. The minimum atomic E-state index is -3.62. The third kappa shape index (κ3) is 3.91. The van der Waals surface area contributed by atoms with Gasteiger partial charge in [0.15, 0.2) is 5.84 Å². The molecule has 0 aromatic heterocycles. The van der Waals surface area contributed by atoms with Crippen LogP contribution in [0, 0.1) is 5.82 Å². The van der Waals surface area contributed by atoms with Gasteiger partial charge in [0.05, 0.1) is 17.4 Å². The van der Waals surface area contributed by atoms with E-state index in [1.807, 2.05) is 30.3 Å². The van der Waals surface area contributed by atoms with Crippen LogP contribution in [0.25, 0.3) is 0 Å². The lowest BCUT2D eigenvalue weighted by molar-refractivity contribution is -0.126. The zero-order valence-corrected chi connectivity index (χ0v) is 17.1. The van der Waals surface area contributed by atoms with E-state index in [4.69, 9.17) is 0 Å². The molecule has 154 valence electrons. The zero-order valence-electron chi connectivity index (χ0n) is 16.3. The molecule has 0 fully saturated rings. The molecule has 2 aromatic rings. The second kappa shape index (κ2) is 7.87. The average molecular weight is 425 g/mol. The van der Waals surface area contributed by atoms with Gasteiger partial charge in [0, 0.05) is 19.8 Å². The van der Waals surface area contributed by atoms with E-state index in [-0.39, 0.29) is 35.4 Å². The number of amidine groups is 1. The van der Waals surface area contributed by atoms with E-state index in [2.05, 4.69) is 4.40 Å². The van der Waals surface area contributed by atoms with Crippen molar-refractivity contribution in [1.82, 2.24) is 9.80 Å². The number of sulfonamides is 1. The largest absolute Gasteiger partial charge is 0.331 e. The lowest BCUT2D eigenvalue weighted by atomic mass is 9.96. The summed E-state index contributed by atoms with van der Waals surface area (Å²) in [4.78, 5) is 16.7. The van der Waals surface area contributed by atoms with Crippen molar-refractivity contribution < 1.29 is 17.6 Å². The van der Waals surface area contributed by atoms with Crippen LogP contribution < -0.4 is 0 Å². The Morgan fingerprint density at radius 3 is 2.47 bits per heavy atom. The summed E-state index contributed by atoms with van der Waals surface area (Å²) in [6.45, 7) is 0.242. The zero-order chi connectivity index (χ0) is 21.3. The van der Waals surface area contributed by atoms with Crippen molar-refractivity contribution in [2.45, 2.75) is 6.04 Å². The van der Waals surface area contributed by atoms with Crippen molar-refractivity contribution >= 4 is 21.8 Å². The molecule has 4 rings (SSSR count). The van der Waals surface area contributed by atoms with Gasteiger partial charge < -0.3 is 9.80 Å². The maximum absolute atomic E-state index is 13.5. The van der Waals surface area contributed by atoms with Crippen LogP contribution in [0.4, 0.5) is 4.39 Å². The second-order valence-electron chi connectivity index (χ2n) is 7.10. The third-order valence-electron chi connectivity index (χ3n) is 5.10. The van der Waals surface area contributed by atoms with Crippen molar-refractivity contribution in [3.63, 3.8) is 0 Å². The van der Waals surface area contributed by atoms with Crippen LogP contribution in [-0.2, 0) is 14.8 Å². The molecule has 1 unspecified atom stereocenters. The van der Waals surface area contributed by atoms with Crippen LogP contribution in [0.2, 0.25) is 0 Å². The number of amides is 1. The number of halogens is 1. The van der Waals surface area contributed by atoms with Gasteiger partial charge in [0.25, 0.3) is 15.9 Å².